The molecule has 0 saturated carbocycles. The van der Waals surface area contributed by atoms with Crippen molar-refractivity contribution in [2.45, 2.75) is 76.7 Å². The van der Waals surface area contributed by atoms with E-state index >= 15 is 0 Å². The van der Waals surface area contributed by atoms with E-state index in [1.807, 2.05) is 0 Å². The number of rotatable bonds is 12. The van der Waals surface area contributed by atoms with E-state index in [9.17, 15) is 4.79 Å². The monoisotopic (exact) mass is 278 g/mol. The number of aliphatic hydroxyl groups is 1. The third-order valence-electron chi connectivity index (χ3n) is 2.94. The fourth-order valence-corrected chi connectivity index (χ4v) is 1.89. The van der Waals surface area contributed by atoms with Crippen LogP contribution in [0.4, 0.5) is 0 Å². The van der Waals surface area contributed by atoms with Crippen LogP contribution in [0.1, 0.15) is 71.1 Å². The van der Waals surface area contributed by atoms with Crippen molar-refractivity contribution < 1.29 is 14.6 Å². The number of alkyl halides is 1. The van der Waals surface area contributed by atoms with E-state index in [2.05, 4.69) is 6.92 Å². The van der Waals surface area contributed by atoms with Crippen molar-refractivity contribution in [2.75, 3.05) is 6.61 Å². The molecule has 0 aromatic carbocycles. The van der Waals surface area contributed by atoms with Gasteiger partial charge in [0, 0.05) is 0 Å². The average molecular weight is 279 g/mol. The van der Waals surface area contributed by atoms with Gasteiger partial charge in [0.05, 0.1) is 6.61 Å². The van der Waals surface area contributed by atoms with E-state index in [1.165, 1.54) is 51.4 Å². The molecule has 1 unspecified atom stereocenters. The molecule has 108 valence electrons. The number of aliphatic hydroxyl groups excluding tert-OH is 1. The molecule has 18 heavy (non-hydrogen) atoms. The van der Waals surface area contributed by atoms with Gasteiger partial charge in [0.25, 0.3) is 0 Å². The van der Waals surface area contributed by atoms with Crippen LogP contribution in [0.3, 0.4) is 0 Å². The molecule has 0 aliphatic carbocycles. The molecule has 0 fully saturated rings. The first-order chi connectivity index (χ1) is 8.68. The molecule has 0 heterocycles. The number of carbonyl (C=O) groups is 1. The second-order valence-corrected chi connectivity index (χ2v) is 5.10. The molecule has 0 aliphatic rings. The molecule has 4 heteroatoms. The Kier molecular flexibility index (Phi) is 13.0. The maximum absolute atomic E-state index is 10.8. The lowest BCUT2D eigenvalue weighted by Gasteiger charge is -2.05. The van der Waals surface area contributed by atoms with Crippen LogP contribution in [0, 0.1) is 0 Å². The second-order valence-electron chi connectivity index (χ2n) is 4.69. The van der Waals surface area contributed by atoms with Crippen molar-refractivity contribution in [3.8, 4) is 0 Å². The summed E-state index contributed by atoms with van der Waals surface area (Å²) in [5.41, 5.74) is -1.52. The van der Waals surface area contributed by atoms with Gasteiger partial charge in [-0.25, -0.2) is 4.79 Å². The largest absolute Gasteiger partial charge is 0.463 e. The molecule has 1 N–H and O–H groups in total. The van der Waals surface area contributed by atoms with Gasteiger partial charge in [0.1, 0.15) is 0 Å². The molecular formula is C14H27ClO3. The van der Waals surface area contributed by atoms with Crippen LogP contribution in [0.25, 0.3) is 0 Å². The number of halogens is 1. The van der Waals surface area contributed by atoms with Gasteiger partial charge in [-0.05, 0) is 6.42 Å². The number of ether oxygens (including phenoxy) is 1. The number of esters is 1. The van der Waals surface area contributed by atoms with Crippen LogP contribution in [-0.4, -0.2) is 23.2 Å². The summed E-state index contributed by atoms with van der Waals surface area (Å²) < 4.78 is 4.75. The third kappa shape index (κ3) is 12.2. The number of unbranched alkanes of at least 4 members (excludes halogenated alkanes) is 9. The Hall–Kier alpha value is -0.280. The predicted octanol–water partition coefficient (Wildman–Crippen LogP) is 4.01. The van der Waals surface area contributed by atoms with E-state index < -0.39 is 11.5 Å². The van der Waals surface area contributed by atoms with E-state index in [1.54, 1.807) is 0 Å². The highest BCUT2D eigenvalue weighted by Crippen LogP contribution is 2.10. The van der Waals surface area contributed by atoms with E-state index in [-0.39, 0.29) is 0 Å². The summed E-state index contributed by atoms with van der Waals surface area (Å²) in [5, 5.41) is 8.67. The summed E-state index contributed by atoms with van der Waals surface area (Å²) >= 11 is 5.14. The van der Waals surface area contributed by atoms with Gasteiger partial charge in [-0.3, -0.25) is 0 Å². The fraction of sp³-hybridized carbons (Fsp3) is 0.929. The van der Waals surface area contributed by atoms with Gasteiger partial charge >= 0.3 is 5.97 Å². The van der Waals surface area contributed by atoms with Crippen LogP contribution in [0.2, 0.25) is 0 Å². The lowest BCUT2D eigenvalue weighted by molar-refractivity contribution is -0.149. The van der Waals surface area contributed by atoms with E-state index in [0.29, 0.717) is 6.61 Å². The molecule has 0 spiro atoms. The Morgan fingerprint density at radius 3 is 1.89 bits per heavy atom. The number of hydrogen-bond acceptors (Lipinski definition) is 3. The third-order valence-corrected chi connectivity index (χ3v) is 3.11. The van der Waals surface area contributed by atoms with Crippen LogP contribution in [0.5, 0.6) is 0 Å². The smallest absolute Gasteiger partial charge is 0.350 e. The van der Waals surface area contributed by atoms with E-state index in [4.69, 9.17) is 21.4 Å². The second kappa shape index (κ2) is 13.2. The summed E-state index contributed by atoms with van der Waals surface area (Å²) in [6.07, 6.45) is 12.4. The first-order valence-corrected chi connectivity index (χ1v) is 7.61. The van der Waals surface area contributed by atoms with Crippen LogP contribution >= 0.6 is 11.6 Å². The van der Waals surface area contributed by atoms with Gasteiger partial charge in [0.2, 0.25) is 5.56 Å². The SMILES string of the molecule is CCCCCCCCCCCCOC(=O)C(O)Cl. The molecule has 3 nitrogen and oxygen atoms in total. The Bertz CT molecular complexity index is 195. The van der Waals surface area contributed by atoms with Gasteiger partial charge in [-0.1, -0.05) is 76.3 Å². The lowest BCUT2D eigenvalue weighted by atomic mass is 10.1. The van der Waals surface area contributed by atoms with E-state index in [0.717, 1.165) is 12.8 Å². The molecule has 0 saturated heterocycles. The summed E-state index contributed by atoms with van der Waals surface area (Å²) in [6.45, 7) is 2.59. The molecular weight excluding hydrogens is 252 g/mol. The molecule has 1 atom stereocenters. The highest BCUT2D eigenvalue weighted by Gasteiger charge is 2.11. The molecule has 0 aromatic heterocycles. The van der Waals surface area contributed by atoms with Gasteiger partial charge in [0.15, 0.2) is 0 Å². The van der Waals surface area contributed by atoms with Crippen LogP contribution in [0.15, 0.2) is 0 Å². The predicted molar refractivity (Wildman–Crippen MR) is 74.7 cm³/mol. The van der Waals surface area contributed by atoms with Crippen molar-refractivity contribution in [3.63, 3.8) is 0 Å². The molecule has 0 aliphatic heterocycles. The zero-order valence-electron chi connectivity index (χ0n) is 11.5. The summed E-state index contributed by atoms with van der Waals surface area (Å²) in [6, 6.07) is 0. The average Bonchev–Trinajstić information content (AvgIpc) is 2.35. The number of carbonyl (C=O) groups excluding carboxylic acids is 1. The van der Waals surface area contributed by atoms with Crippen molar-refractivity contribution in [2.24, 2.45) is 0 Å². The van der Waals surface area contributed by atoms with Gasteiger partial charge in [-0.2, -0.15) is 0 Å². The minimum atomic E-state index is -1.52. The zero-order valence-corrected chi connectivity index (χ0v) is 12.3. The topological polar surface area (TPSA) is 46.5 Å². The maximum atomic E-state index is 10.8. The lowest BCUT2D eigenvalue weighted by Crippen LogP contribution is -2.17. The normalized spacial score (nSPS) is 12.4. The minimum absolute atomic E-state index is 0.360. The van der Waals surface area contributed by atoms with Crippen molar-refractivity contribution >= 4 is 17.6 Å². The first kappa shape index (κ1) is 17.7. The molecule has 0 rings (SSSR count). The summed E-state index contributed by atoms with van der Waals surface area (Å²) in [5.74, 6) is -0.743. The minimum Gasteiger partial charge on any atom is -0.463 e. The highest BCUT2D eigenvalue weighted by atomic mass is 35.5. The van der Waals surface area contributed by atoms with Crippen LogP contribution < -0.4 is 0 Å². The highest BCUT2D eigenvalue weighted by molar-refractivity contribution is 6.28. The zero-order chi connectivity index (χ0) is 13.6. The van der Waals surface area contributed by atoms with Gasteiger partial charge < -0.3 is 9.84 Å². The Morgan fingerprint density at radius 1 is 1.00 bits per heavy atom. The molecule has 0 amide bonds. The standard InChI is InChI=1S/C14H27ClO3/c1-2-3-4-5-6-7-8-9-10-11-12-18-14(17)13(15)16/h13,16H,2-12H2,1H3. The maximum Gasteiger partial charge on any atom is 0.350 e. The Balaban J connectivity index is 3.05. The first-order valence-electron chi connectivity index (χ1n) is 7.17. The quantitative estimate of drug-likeness (QED) is 0.333. The fourth-order valence-electron chi connectivity index (χ4n) is 1.83. The molecule has 0 radical (unpaired) electrons. The van der Waals surface area contributed by atoms with Crippen molar-refractivity contribution in [3.05, 3.63) is 0 Å². The van der Waals surface area contributed by atoms with Crippen molar-refractivity contribution in [1.82, 2.24) is 0 Å². The summed E-state index contributed by atoms with van der Waals surface area (Å²) in [4.78, 5) is 10.8. The molecule has 0 aromatic rings. The molecule has 0 bridgehead atoms. The summed E-state index contributed by atoms with van der Waals surface area (Å²) in [7, 11) is 0. The van der Waals surface area contributed by atoms with Crippen LogP contribution in [-0.2, 0) is 9.53 Å². The van der Waals surface area contributed by atoms with Gasteiger partial charge in [-0.15, -0.1) is 0 Å². The van der Waals surface area contributed by atoms with Crippen molar-refractivity contribution in [1.29, 1.82) is 0 Å². The Morgan fingerprint density at radius 2 is 1.44 bits per heavy atom. The number of hydrogen-bond donors (Lipinski definition) is 1. The Labute approximate surface area is 116 Å².